The van der Waals surface area contributed by atoms with E-state index >= 15 is 0 Å². The third-order valence-corrected chi connectivity index (χ3v) is 4.48. The monoisotopic (exact) mass is 311 g/mol. The fourth-order valence-electron chi connectivity index (χ4n) is 3.27. The largest absolute Gasteiger partial charge is 0.351 e. The first-order chi connectivity index (χ1) is 11.3. The molecule has 1 aromatic heterocycles. The van der Waals surface area contributed by atoms with Gasteiger partial charge in [-0.3, -0.25) is 4.79 Å². The smallest absolute Gasteiger partial charge is 0.270 e. The van der Waals surface area contributed by atoms with Crippen molar-refractivity contribution in [3.63, 3.8) is 0 Å². The predicted molar refractivity (Wildman–Crippen MR) is 93.4 cm³/mol. The van der Waals surface area contributed by atoms with Crippen molar-refractivity contribution in [3.05, 3.63) is 48.2 Å². The van der Waals surface area contributed by atoms with Crippen LogP contribution in [0.2, 0.25) is 0 Å². The summed E-state index contributed by atoms with van der Waals surface area (Å²) in [5.41, 5.74) is 2.79. The molecule has 1 aliphatic rings. The topological polar surface area (TPSA) is 48.1 Å². The van der Waals surface area contributed by atoms with Crippen LogP contribution < -0.4 is 5.32 Å². The van der Waals surface area contributed by atoms with Crippen molar-refractivity contribution in [1.29, 1.82) is 0 Å². The highest BCUT2D eigenvalue weighted by Gasteiger charge is 2.26. The molecule has 0 radical (unpaired) electrons. The second-order valence-corrected chi connectivity index (χ2v) is 6.13. The number of nitrogens with one attached hydrogen (secondary N) is 2. The molecule has 0 aliphatic carbocycles. The minimum Gasteiger partial charge on any atom is -0.351 e. The molecule has 2 heterocycles. The first-order valence-electron chi connectivity index (χ1n) is 8.55. The van der Waals surface area contributed by atoms with E-state index in [4.69, 9.17) is 0 Å². The van der Waals surface area contributed by atoms with Gasteiger partial charge in [0.2, 0.25) is 0 Å². The van der Waals surface area contributed by atoms with E-state index in [1.165, 1.54) is 0 Å². The van der Waals surface area contributed by atoms with E-state index in [0.29, 0.717) is 11.7 Å². The highest BCUT2D eigenvalue weighted by molar-refractivity contribution is 5.93. The van der Waals surface area contributed by atoms with Gasteiger partial charge in [-0.05, 0) is 50.0 Å². The number of hydrogen-bond donors (Lipinski definition) is 2. The molecule has 4 heteroatoms. The Bertz CT molecular complexity index is 629. The average molecular weight is 311 g/mol. The van der Waals surface area contributed by atoms with E-state index < -0.39 is 0 Å². The summed E-state index contributed by atoms with van der Waals surface area (Å²) in [6.45, 7) is 4.95. The van der Waals surface area contributed by atoms with Crippen LogP contribution in [0.5, 0.6) is 0 Å². The van der Waals surface area contributed by atoms with Crippen LogP contribution in [-0.4, -0.2) is 41.5 Å². The quantitative estimate of drug-likeness (QED) is 0.890. The van der Waals surface area contributed by atoms with E-state index in [1.807, 2.05) is 30.3 Å². The molecule has 1 aliphatic heterocycles. The number of hydrogen-bond acceptors (Lipinski definition) is 2. The zero-order chi connectivity index (χ0) is 16.1. The van der Waals surface area contributed by atoms with Crippen molar-refractivity contribution < 1.29 is 4.79 Å². The fourth-order valence-corrected chi connectivity index (χ4v) is 3.27. The van der Waals surface area contributed by atoms with Crippen molar-refractivity contribution in [2.45, 2.75) is 32.2 Å². The summed E-state index contributed by atoms with van der Waals surface area (Å²) in [5, 5.41) is 3.37. The number of H-pyrrole nitrogens is 1. The van der Waals surface area contributed by atoms with Crippen LogP contribution in [0.3, 0.4) is 0 Å². The zero-order valence-corrected chi connectivity index (χ0v) is 13.7. The Morgan fingerprint density at radius 2 is 1.87 bits per heavy atom. The van der Waals surface area contributed by atoms with Gasteiger partial charge < -0.3 is 15.2 Å². The number of aromatic amines is 1. The lowest BCUT2D eigenvalue weighted by Gasteiger charge is -2.34. The van der Waals surface area contributed by atoms with Crippen LogP contribution >= 0.6 is 0 Å². The highest BCUT2D eigenvalue weighted by Crippen LogP contribution is 2.21. The zero-order valence-electron chi connectivity index (χ0n) is 13.7. The summed E-state index contributed by atoms with van der Waals surface area (Å²) in [7, 11) is 0. The maximum absolute atomic E-state index is 13.0. The fraction of sp³-hybridized carbons (Fsp3) is 0.421. The summed E-state index contributed by atoms with van der Waals surface area (Å²) < 4.78 is 0. The summed E-state index contributed by atoms with van der Waals surface area (Å²) in [6.07, 6.45) is 3.07. The molecule has 2 N–H and O–H groups in total. The van der Waals surface area contributed by atoms with Crippen LogP contribution in [0.1, 0.15) is 36.7 Å². The molecule has 122 valence electrons. The third kappa shape index (κ3) is 3.64. The second-order valence-electron chi connectivity index (χ2n) is 6.13. The average Bonchev–Trinajstić information content (AvgIpc) is 3.11. The molecule has 4 nitrogen and oxygen atoms in total. The van der Waals surface area contributed by atoms with Crippen molar-refractivity contribution in [2.24, 2.45) is 0 Å². The molecule has 3 rings (SSSR count). The highest BCUT2D eigenvalue weighted by atomic mass is 16.2. The van der Waals surface area contributed by atoms with Crippen LogP contribution in [0.15, 0.2) is 42.5 Å². The Kier molecular flexibility index (Phi) is 5.13. The number of carbonyl (C=O) groups is 1. The number of carbonyl (C=O) groups excluding carboxylic acids is 1. The summed E-state index contributed by atoms with van der Waals surface area (Å²) in [6, 6.07) is 14.4. The molecule has 1 aromatic carbocycles. The van der Waals surface area contributed by atoms with Gasteiger partial charge in [-0.25, -0.2) is 0 Å². The molecule has 2 aromatic rings. The van der Waals surface area contributed by atoms with Gasteiger partial charge in [0, 0.05) is 18.3 Å². The van der Waals surface area contributed by atoms with Crippen molar-refractivity contribution in [1.82, 2.24) is 15.2 Å². The molecular weight excluding hydrogens is 286 g/mol. The minimum absolute atomic E-state index is 0.126. The van der Waals surface area contributed by atoms with Crippen LogP contribution in [0.4, 0.5) is 0 Å². The molecule has 23 heavy (non-hydrogen) atoms. The number of piperidine rings is 1. The molecule has 0 bridgehead atoms. The van der Waals surface area contributed by atoms with Gasteiger partial charge in [0.05, 0.1) is 0 Å². The molecule has 0 saturated carbocycles. The Morgan fingerprint density at radius 1 is 1.13 bits per heavy atom. The molecule has 1 fully saturated rings. The first-order valence-corrected chi connectivity index (χ1v) is 8.55. The molecule has 0 spiro atoms. The van der Waals surface area contributed by atoms with Crippen molar-refractivity contribution in [2.75, 3.05) is 19.6 Å². The van der Waals surface area contributed by atoms with Gasteiger partial charge in [-0.1, -0.05) is 37.3 Å². The van der Waals surface area contributed by atoms with Gasteiger partial charge >= 0.3 is 0 Å². The Morgan fingerprint density at radius 3 is 2.57 bits per heavy atom. The number of benzene rings is 1. The Hall–Kier alpha value is -2.07. The lowest BCUT2D eigenvalue weighted by atomic mass is 10.0. The molecular formula is C19H25N3O. The SMILES string of the molecule is CCCN(C(=O)c1ccc(-c2ccccc2)[nH]1)C1CCNCC1. The standard InChI is InChI=1S/C19H25N3O/c1-2-14-22(16-10-12-20-13-11-16)19(23)18-9-8-17(21-18)15-6-4-3-5-7-15/h3-9,16,20-21H,2,10-14H2,1H3. The molecule has 1 saturated heterocycles. The number of nitrogens with zero attached hydrogens (tertiary/aromatic N) is 1. The van der Waals surface area contributed by atoms with Gasteiger partial charge in [-0.15, -0.1) is 0 Å². The molecule has 0 atom stereocenters. The molecule has 0 unspecified atom stereocenters. The summed E-state index contributed by atoms with van der Waals surface area (Å²) in [5.74, 6) is 0.126. The van der Waals surface area contributed by atoms with Crippen molar-refractivity contribution >= 4 is 5.91 Å². The maximum atomic E-state index is 13.0. The van der Waals surface area contributed by atoms with Crippen LogP contribution in [0.25, 0.3) is 11.3 Å². The summed E-state index contributed by atoms with van der Waals surface area (Å²) in [4.78, 5) is 18.3. The Labute approximate surface area is 137 Å². The number of amides is 1. The van der Waals surface area contributed by atoms with Gasteiger partial charge in [0.15, 0.2) is 0 Å². The minimum atomic E-state index is 0.126. The van der Waals surface area contributed by atoms with E-state index in [9.17, 15) is 4.79 Å². The van der Waals surface area contributed by atoms with Crippen molar-refractivity contribution in [3.8, 4) is 11.3 Å². The Balaban J connectivity index is 1.78. The molecule has 1 amide bonds. The van der Waals surface area contributed by atoms with Gasteiger partial charge in [0.1, 0.15) is 5.69 Å². The number of aromatic nitrogens is 1. The van der Waals surface area contributed by atoms with E-state index in [1.54, 1.807) is 0 Å². The first kappa shape index (κ1) is 15.8. The van der Waals surface area contributed by atoms with Crippen LogP contribution in [-0.2, 0) is 0 Å². The summed E-state index contributed by atoms with van der Waals surface area (Å²) >= 11 is 0. The maximum Gasteiger partial charge on any atom is 0.270 e. The number of rotatable bonds is 5. The van der Waals surface area contributed by atoms with Gasteiger partial charge in [0.25, 0.3) is 5.91 Å². The van der Waals surface area contributed by atoms with E-state index in [2.05, 4.69) is 34.3 Å². The lowest BCUT2D eigenvalue weighted by molar-refractivity contribution is 0.0637. The normalized spacial score (nSPS) is 15.5. The predicted octanol–water partition coefficient (Wildman–Crippen LogP) is 3.29. The van der Waals surface area contributed by atoms with Gasteiger partial charge in [-0.2, -0.15) is 0 Å². The lowest BCUT2D eigenvalue weighted by Crippen LogP contribution is -2.46. The van der Waals surface area contributed by atoms with Crippen LogP contribution in [0, 0.1) is 0 Å². The third-order valence-electron chi connectivity index (χ3n) is 4.48. The van der Waals surface area contributed by atoms with E-state index in [-0.39, 0.29) is 5.91 Å². The second kappa shape index (κ2) is 7.47. The van der Waals surface area contributed by atoms with E-state index in [0.717, 1.165) is 50.2 Å².